The lowest BCUT2D eigenvalue weighted by atomic mass is 10.2. The van der Waals surface area contributed by atoms with Gasteiger partial charge in [-0.3, -0.25) is 4.68 Å². The molecule has 0 amide bonds. The molecule has 2 aromatic rings. The monoisotopic (exact) mass is 321 g/mol. The minimum atomic E-state index is -3.37. The van der Waals surface area contributed by atoms with E-state index in [1.165, 1.54) is 23.9 Å². The van der Waals surface area contributed by atoms with E-state index < -0.39 is 9.84 Å². The first-order chi connectivity index (χ1) is 9.92. The maximum atomic E-state index is 12.2. The predicted octanol–water partition coefficient (Wildman–Crippen LogP) is 2.17. The van der Waals surface area contributed by atoms with E-state index >= 15 is 0 Å². The highest BCUT2D eigenvalue weighted by molar-refractivity contribution is 8.00. The smallest absolute Gasteiger partial charge is 0.179 e. The molecule has 0 radical (unpaired) electrons. The van der Waals surface area contributed by atoms with Gasteiger partial charge in [-0.15, -0.1) is 11.8 Å². The van der Waals surface area contributed by atoms with Crippen molar-refractivity contribution in [2.45, 2.75) is 16.8 Å². The van der Waals surface area contributed by atoms with Crippen molar-refractivity contribution in [3.63, 3.8) is 0 Å². The first-order valence-corrected chi connectivity index (χ1v) is 8.92. The summed E-state index contributed by atoms with van der Waals surface area (Å²) in [7, 11) is -1.54. The van der Waals surface area contributed by atoms with Gasteiger partial charge in [-0.2, -0.15) is 10.4 Å². The van der Waals surface area contributed by atoms with Crippen LogP contribution in [-0.2, 0) is 16.9 Å². The highest BCUT2D eigenvalue weighted by atomic mass is 32.2. The van der Waals surface area contributed by atoms with E-state index in [1.54, 1.807) is 16.8 Å². The van der Waals surface area contributed by atoms with Crippen molar-refractivity contribution in [1.29, 1.82) is 5.26 Å². The molecule has 0 aliphatic carbocycles. The van der Waals surface area contributed by atoms with Crippen LogP contribution in [0.3, 0.4) is 0 Å². The Morgan fingerprint density at radius 1 is 1.38 bits per heavy atom. The minimum Gasteiger partial charge on any atom is -0.262 e. The highest BCUT2D eigenvalue weighted by Crippen LogP contribution is 2.20. The second-order valence-electron chi connectivity index (χ2n) is 4.55. The van der Waals surface area contributed by atoms with Crippen molar-refractivity contribution in [3.8, 4) is 6.07 Å². The van der Waals surface area contributed by atoms with E-state index in [4.69, 9.17) is 5.26 Å². The van der Waals surface area contributed by atoms with Gasteiger partial charge in [0.05, 0.1) is 33.0 Å². The zero-order chi connectivity index (χ0) is 15.5. The normalized spacial score (nSPS) is 11.3. The van der Waals surface area contributed by atoms with Crippen LogP contribution in [0.5, 0.6) is 0 Å². The number of nitrogens with zero attached hydrogens (tertiary/aromatic N) is 3. The summed E-state index contributed by atoms with van der Waals surface area (Å²) in [5.74, 6) is 0.467. The number of hydrogen-bond donors (Lipinski definition) is 0. The Morgan fingerprint density at radius 2 is 2.14 bits per heavy atom. The Labute approximate surface area is 128 Å². The van der Waals surface area contributed by atoms with Gasteiger partial charge in [0.15, 0.2) is 9.84 Å². The Hall–Kier alpha value is -1.78. The molecule has 0 saturated heterocycles. The maximum absolute atomic E-state index is 12.2. The number of rotatable bonds is 5. The van der Waals surface area contributed by atoms with Gasteiger partial charge in [-0.1, -0.05) is 6.07 Å². The molecule has 0 atom stereocenters. The SMILES string of the molecule is Cc1cc(SCCS(=O)(=O)c2cccc(C#N)c2)n(C)n1. The van der Waals surface area contributed by atoms with Crippen LogP contribution in [0.25, 0.3) is 0 Å². The fraction of sp³-hybridized carbons (Fsp3) is 0.286. The van der Waals surface area contributed by atoms with Crippen LogP contribution in [0.15, 0.2) is 40.3 Å². The van der Waals surface area contributed by atoms with E-state index in [-0.39, 0.29) is 10.6 Å². The molecule has 0 bridgehead atoms. The Bertz CT molecular complexity index is 789. The third-order valence-electron chi connectivity index (χ3n) is 2.88. The zero-order valence-corrected chi connectivity index (χ0v) is 13.4. The molecular weight excluding hydrogens is 306 g/mol. The molecule has 0 N–H and O–H groups in total. The van der Waals surface area contributed by atoms with Gasteiger partial charge in [0.25, 0.3) is 0 Å². The number of sulfone groups is 1. The molecule has 2 rings (SSSR count). The van der Waals surface area contributed by atoms with Crippen molar-refractivity contribution in [2.24, 2.45) is 7.05 Å². The summed E-state index contributed by atoms with van der Waals surface area (Å²) in [5.41, 5.74) is 1.26. The fourth-order valence-electron chi connectivity index (χ4n) is 1.85. The van der Waals surface area contributed by atoms with Crippen molar-refractivity contribution in [1.82, 2.24) is 9.78 Å². The van der Waals surface area contributed by atoms with Crippen molar-refractivity contribution in [2.75, 3.05) is 11.5 Å². The maximum Gasteiger partial charge on any atom is 0.179 e. The van der Waals surface area contributed by atoms with E-state index in [0.29, 0.717) is 11.3 Å². The largest absolute Gasteiger partial charge is 0.262 e. The summed E-state index contributed by atoms with van der Waals surface area (Å²) in [6.45, 7) is 1.90. The van der Waals surface area contributed by atoms with Crippen LogP contribution in [0, 0.1) is 18.3 Å². The van der Waals surface area contributed by atoms with E-state index in [2.05, 4.69) is 5.10 Å². The topological polar surface area (TPSA) is 75.8 Å². The van der Waals surface area contributed by atoms with Gasteiger partial charge >= 0.3 is 0 Å². The number of nitriles is 1. The van der Waals surface area contributed by atoms with Crippen molar-refractivity contribution >= 4 is 21.6 Å². The summed E-state index contributed by atoms with van der Waals surface area (Å²) in [6, 6.07) is 9.98. The fourth-order valence-corrected chi connectivity index (χ4v) is 4.58. The molecule has 110 valence electrons. The lowest BCUT2D eigenvalue weighted by Gasteiger charge is -2.05. The molecule has 0 aliphatic rings. The molecule has 0 fully saturated rings. The van der Waals surface area contributed by atoms with Gasteiger partial charge in [0.2, 0.25) is 0 Å². The molecular formula is C14H15N3O2S2. The van der Waals surface area contributed by atoms with Gasteiger partial charge < -0.3 is 0 Å². The molecule has 5 nitrogen and oxygen atoms in total. The van der Waals surface area contributed by atoms with Crippen LogP contribution in [0.1, 0.15) is 11.3 Å². The summed E-state index contributed by atoms with van der Waals surface area (Å²) in [6.07, 6.45) is 0. The van der Waals surface area contributed by atoms with Gasteiger partial charge in [-0.25, -0.2) is 8.42 Å². The molecule has 1 heterocycles. The van der Waals surface area contributed by atoms with Gasteiger partial charge in [0.1, 0.15) is 0 Å². The average Bonchev–Trinajstić information content (AvgIpc) is 2.77. The second-order valence-corrected chi connectivity index (χ2v) is 7.78. The third-order valence-corrected chi connectivity index (χ3v) is 5.94. The molecule has 0 aliphatic heterocycles. The summed E-state index contributed by atoms with van der Waals surface area (Å²) >= 11 is 1.46. The van der Waals surface area contributed by atoms with Crippen LogP contribution < -0.4 is 0 Å². The van der Waals surface area contributed by atoms with Crippen molar-refractivity contribution < 1.29 is 8.42 Å². The molecule has 1 aromatic heterocycles. The molecule has 0 unspecified atom stereocenters. The average molecular weight is 321 g/mol. The number of thioether (sulfide) groups is 1. The van der Waals surface area contributed by atoms with Crippen LogP contribution in [0.2, 0.25) is 0 Å². The second kappa shape index (κ2) is 6.33. The first kappa shape index (κ1) is 15.6. The summed E-state index contributed by atoms with van der Waals surface area (Å²) < 4.78 is 26.2. The van der Waals surface area contributed by atoms with E-state index in [0.717, 1.165) is 10.7 Å². The molecule has 1 aromatic carbocycles. The lowest BCUT2D eigenvalue weighted by molar-refractivity contribution is 0.597. The number of benzene rings is 1. The Morgan fingerprint density at radius 3 is 2.76 bits per heavy atom. The van der Waals surface area contributed by atoms with Crippen LogP contribution in [-0.4, -0.2) is 29.7 Å². The highest BCUT2D eigenvalue weighted by Gasteiger charge is 2.15. The van der Waals surface area contributed by atoms with Crippen LogP contribution in [0.4, 0.5) is 0 Å². The van der Waals surface area contributed by atoms with E-state index in [9.17, 15) is 8.42 Å². The Kier molecular flexibility index (Phi) is 4.70. The van der Waals surface area contributed by atoms with Gasteiger partial charge in [-0.05, 0) is 31.2 Å². The first-order valence-electron chi connectivity index (χ1n) is 6.29. The summed E-state index contributed by atoms with van der Waals surface area (Å²) in [4.78, 5) is 0.198. The third kappa shape index (κ3) is 3.86. The molecule has 21 heavy (non-hydrogen) atoms. The molecule has 0 saturated carbocycles. The quantitative estimate of drug-likeness (QED) is 0.789. The minimum absolute atomic E-state index is 0.0246. The lowest BCUT2D eigenvalue weighted by Crippen LogP contribution is -2.09. The Balaban J connectivity index is 2.05. The molecule has 0 spiro atoms. The van der Waals surface area contributed by atoms with Gasteiger partial charge in [0, 0.05) is 12.8 Å². The molecule has 7 heteroatoms. The zero-order valence-electron chi connectivity index (χ0n) is 11.8. The van der Waals surface area contributed by atoms with Crippen LogP contribution >= 0.6 is 11.8 Å². The summed E-state index contributed by atoms with van der Waals surface area (Å²) in [5, 5.41) is 14.0. The van der Waals surface area contributed by atoms with Crippen molar-refractivity contribution in [3.05, 3.63) is 41.6 Å². The van der Waals surface area contributed by atoms with E-state index in [1.807, 2.05) is 26.1 Å². The standard InChI is InChI=1S/C14H15N3O2S2/c1-11-8-14(17(2)16-11)20-6-7-21(18,19)13-5-3-4-12(9-13)10-15/h3-5,8-9H,6-7H2,1-2H3. The number of hydrogen-bond acceptors (Lipinski definition) is 5. The number of aryl methyl sites for hydroxylation is 2. The predicted molar refractivity (Wildman–Crippen MR) is 81.9 cm³/mol. The number of aromatic nitrogens is 2.